The Morgan fingerprint density at radius 2 is 1.47 bits per heavy atom. The summed E-state index contributed by atoms with van der Waals surface area (Å²) in [6.07, 6.45) is 6.78. The number of hydrogen-bond acceptors (Lipinski definition) is 5. The Labute approximate surface area is 210 Å². The van der Waals surface area contributed by atoms with Gasteiger partial charge in [0.05, 0.1) is 23.4 Å². The van der Waals surface area contributed by atoms with Crippen LogP contribution in [0.5, 0.6) is 5.75 Å². The highest BCUT2D eigenvalue weighted by molar-refractivity contribution is 6.22. The maximum Gasteiger partial charge on any atom is 0.316 e. The lowest BCUT2D eigenvalue weighted by atomic mass is 9.85. The van der Waals surface area contributed by atoms with Crippen molar-refractivity contribution in [3.8, 4) is 5.75 Å². The summed E-state index contributed by atoms with van der Waals surface area (Å²) in [6.45, 7) is 4.40. The second-order valence-electron chi connectivity index (χ2n) is 9.62. The van der Waals surface area contributed by atoms with Crippen molar-refractivity contribution in [1.82, 2.24) is 0 Å². The van der Waals surface area contributed by atoms with Gasteiger partial charge in [-0.3, -0.25) is 24.1 Å². The number of esters is 1. The van der Waals surface area contributed by atoms with Gasteiger partial charge in [0.25, 0.3) is 0 Å². The first-order chi connectivity index (χ1) is 17.4. The summed E-state index contributed by atoms with van der Waals surface area (Å²) < 4.78 is 5.59. The van der Waals surface area contributed by atoms with E-state index in [2.05, 4.69) is 13.8 Å². The highest BCUT2D eigenvalue weighted by atomic mass is 16.5. The van der Waals surface area contributed by atoms with E-state index in [4.69, 9.17) is 4.74 Å². The minimum absolute atomic E-state index is 0.0788. The Hall–Kier alpha value is -3.74. The van der Waals surface area contributed by atoms with E-state index in [0.29, 0.717) is 24.3 Å². The van der Waals surface area contributed by atoms with Crippen LogP contribution >= 0.6 is 0 Å². The molecule has 0 N–H and O–H groups in total. The summed E-state index contributed by atoms with van der Waals surface area (Å²) in [6, 6.07) is 12.5. The highest BCUT2D eigenvalue weighted by Crippen LogP contribution is 2.38. The number of ether oxygens (including phenoxy) is 1. The van der Waals surface area contributed by atoms with Crippen molar-refractivity contribution in [2.45, 2.75) is 46.0 Å². The van der Waals surface area contributed by atoms with Crippen LogP contribution in [0.4, 0.5) is 11.4 Å². The zero-order valence-electron chi connectivity index (χ0n) is 20.6. The zero-order chi connectivity index (χ0) is 25.4. The number of aryl methyl sites for hydroxylation is 2. The average Bonchev–Trinajstić information content (AvgIpc) is 3.41. The summed E-state index contributed by atoms with van der Waals surface area (Å²) in [7, 11) is 0. The van der Waals surface area contributed by atoms with Crippen LogP contribution in [0.3, 0.4) is 0 Å². The third-order valence-electron chi connectivity index (χ3n) is 7.51. The van der Waals surface area contributed by atoms with E-state index in [0.717, 1.165) is 29.7 Å². The first kappa shape index (κ1) is 24.0. The predicted octanol–water partition coefficient (Wildman–Crippen LogP) is 4.23. The van der Waals surface area contributed by atoms with E-state index in [1.165, 1.54) is 4.90 Å². The molecule has 0 aromatic heterocycles. The number of nitrogens with zero attached hydrogens (tertiary/aromatic N) is 2. The molecular weight excluding hydrogens is 456 g/mol. The lowest BCUT2D eigenvalue weighted by Crippen LogP contribution is -2.30. The fourth-order valence-corrected chi connectivity index (χ4v) is 5.56. The van der Waals surface area contributed by atoms with Gasteiger partial charge in [-0.1, -0.05) is 44.2 Å². The minimum Gasteiger partial charge on any atom is -0.426 e. The summed E-state index contributed by atoms with van der Waals surface area (Å²) in [4.78, 5) is 54.4. The molecule has 0 spiro atoms. The molecule has 3 atom stereocenters. The van der Waals surface area contributed by atoms with Gasteiger partial charge in [-0.25, -0.2) is 0 Å². The summed E-state index contributed by atoms with van der Waals surface area (Å²) in [5, 5.41) is 0. The highest BCUT2D eigenvalue weighted by Gasteiger charge is 2.47. The van der Waals surface area contributed by atoms with E-state index < -0.39 is 11.9 Å². The molecule has 2 aromatic carbocycles. The molecule has 7 nitrogen and oxygen atoms in total. The Balaban J connectivity index is 1.27. The molecule has 2 saturated heterocycles. The number of anilines is 2. The van der Waals surface area contributed by atoms with Gasteiger partial charge in [0.1, 0.15) is 5.75 Å². The van der Waals surface area contributed by atoms with Gasteiger partial charge in [-0.2, -0.15) is 0 Å². The van der Waals surface area contributed by atoms with Gasteiger partial charge in [-0.15, -0.1) is 0 Å². The molecule has 0 bridgehead atoms. The fourth-order valence-electron chi connectivity index (χ4n) is 5.56. The maximum atomic E-state index is 12.9. The molecular formula is C29H30N2O5. The molecule has 2 fully saturated rings. The molecule has 0 unspecified atom stereocenters. The van der Waals surface area contributed by atoms with Gasteiger partial charge < -0.3 is 9.64 Å². The number of carbonyl (C=O) groups excluding carboxylic acids is 4. The van der Waals surface area contributed by atoms with Crippen LogP contribution in [0, 0.1) is 17.8 Å². The number of allylic oxidation sites excluding steroid dienone is 2. The standard InChI is InChI=1S/C29H30N2O5/c1-3-18-8-7-9-19(4-2)26(18)30-17-20(16-25(30)32)29(35)36-22-14-12-21(13-15-22)31-27(33)23-10-5-6-11-24(23)28(31)34/h5-9,12-15,20,23-24H,3-4,10-11,16-17H2,1-2H3/t20-,23-,24-/m1/s1. The van der Waals surface area contributed by atoms with Crippen LogP contribution in [0.2, 0.25) is 0 Å². The first-order valence-electron chi connectivity index (χ1n) is 12.7. The molecule has 5 rings (SSSR count). The van der Waals surface area contributed by atoms with Gasteiger partial charge in [0.15, 0.2) is 0 Å². The van der Waals surface area contributed by atoms with Crippen molar-refractivity contribution in [2.24, 2.45) is 17.8 Å². The molecule has 3 aliphatic rings. The molecule has 0 saturated carbocycles. The Morgan fingerprint density at radius 1 is 0.889 bits per heavy atom. The number of para-hydroxylation sites is 1. The summed E-state index contributed by atoms with van der Waals surface area (Å²) in [5.74, 6) is -1.74. The lowest BCUT2D eigenvalue weighted by molar-refractivity contribution is -0.139. The number of fused-ring (bicyclic) bond motifs is 1. The fraction of sp³-hybridized carbons (Fsp3) is 0.379. The zero-order valence-corrected chi connectivity index (χ0v) is 20.6. The summed E-state index contributed by atoms with van der Waals surface area (Å²) >= 11 is 0. The van der Waals surface area contributed by atoms with Gasteiger partial charge >= 0.3 is 5.97 Å². The normalized spacial score (nSPS) is 23.4. The number of carbonyl (C=O) groups is 4. The van der Waals surface area contributed by atoms with Crippen LogP contribution in [0.1, 0.15) is 44.2 Å². The third-order valence-corrected chi connectivity index (χ3v) is 7.51. The van der Waals surface area contributed by atoms with E-state index >= 15 is 0 Å². The average molecular weight is 487 g/mol. The molecule has 186 valence electrons. The van der Waals surface area contributed by atoms with Crippen LogP contribution in [0.15, 0.2) is 54.6 Å². The molecule has 2 aromatic rings. The van der Waals surface area contributed by atoms with Crippen LogP contribution < -0.4 is 14.5 Å². The van der Waals surface area contributed by atoms with E-state index in [-0.39, 0.29) is 42.5 Å². The smallest absolute Gasteiger partial charge is 0.316 e. The monoisotopic (exact) mass is 486 g/mol. The number of hydrogen-bond donors (Lipinski definition) is 0. The van der Waals surface area contributed by atoms with Gasteiger partial charge in [-0.05, 0) is 61.1 Å². The third kappa shape index (κ3) is 4.12. The second-order valence-corrected chi connectivity index (χ2v) is 9.62. The Morgan fingerprint density at radius 3 is 2.03 bits per heavy atom. The largest absolute Gasteiger partial charge is 0.426 e. The topological polar surface area (TPSA) is 84.0 Å². The first-order valence-corrected chi connectivity index (χ1v) is 12.7. The lowest BCUT2D eigenvalue weighted by Gasteiger charge is -2.23. The maximum absolute atomic E-state index is 12.9. The Kier molecular flexibility index (Phi) is 6.48. The number of benzene rings is 2. The summed E-state index contributed by atoms with van der Waals surface area (Å²) in [5.41, 5.74) is 3.58. The number of rotatable bonds is 6. The SMILES string of the molecule is CCc1cccc(CC)c1N1C[C@H](C(=O)Oc2ccc(N3C(=O)[C@@H]4CC=CC[C@H]4C3=O)cc2)CC1=O. The molecule has 1 aliphatic carbocycles. The van der Waals surface area contributed by atoms with Crippen LogP contribution in [0.25, 0.3) is 0 Å². The van der Waals surface area contributed by atoms with Crippen molar-refractivity contribution >= 4 is 35.1 Å². The molecule has 0 radical (unpaired) electrons. The second kappa shape index (κ2) is 9.72. The minimum atomic E-state index is -0.566. The number of amides is 3. The molecule has 2 aliphatic heterocycles. The van der Waals surface area contributed by atoms with Crippen molar-refractivity contribution in [3.63, 3.8) is 0 Å². The quantitative estimate of drug-likeness (QED) is 0.264. The van der Waals surface area contributed by atoms with Crippen LogP contribution in [-0.2, 0) is 32.0 Å². The van der Waals surface area contributed by atoms with E-state index in [9.17, 15) is 19.2 Å². The molecule has 7 heteroatoms. The van der Waals surface area contributed by atoms with Gasteiger partial charge in [0, 0.05) is 18.7 Å². The van der Waals surface area contributed by atoms with Crippen molar-refractivity contribution < 1.29 is 23.9 Å². The van der Waals surface area contributed by atoms with Crippen molar-refractivity contribution in [2.75, 3.05) is 16.3 Å². The van der Waals surface area contributed by atoms with Crippen molar-refractivity contribution in [3.05, 3.63) is 65.7 Å². The van der Waals surface area contributed by atoms with Crippen LogP contribution in [-0.4, -0.2) is 30.2 Å². The number of imide groups is 1. The predicted molar refractivity (Wildman–Crippen MR) is 136 cm³/mol. The van der Waals surface area contributed by atoms with Gasteiger partial charge in [0.2, 0.25) is 17.7 Å². The van der Waals surface area contributed by atoms with E-state index in [1.807, 2.05) is 30.4 Å². The molecule has 3 amide bonds. The van der Waals surface area contributed by atoms with E-state index in [1.54, 1.807) is 29.2 Å². The molecule has 36 heavy (non-hydrogen) atoms. The Bertz CT molecular complexity index is 1200. The molecule has 2 heterocycles. The van der Waals surface area contributed by atoms with Crippen molar-refractivity contribution in [1.29, 1.82) is 0 Å².